The number of likely N-dealkylation sites (N-methyl/N-ethyl adjacent to an activating group) is 1. The number of benzene rings is 1. The third kappa shape index (κ3) is 7.01. The highest BCUT2D eigenvalue weighted by Crippen LogP contribution is 2.38. The molecule has 202 valence electrons. The van der Waals surface area contributed by atoms with Crippen LogP contribution in [0.5, 0.6) is 5.75 Å². The first-order valence-electron chi connectivity index (χ1n) is 12.4. The predicted molar refractivity (Wildman–Crippen MR) is 147 cm³/mol. The van der Waals surface area contributed by atoms with Crippen LogP contribution < -0.4 is 15.0 Å². The largest absolute Gasteiger partial charge is 0.490 e. The summed E-state index contributed by atoms with van der Waals surface area (Å²) in [5, 5.41) is 11.0. The van der Waals surface area contributed by atoms with Gasteiger partial charge in [-0.3, -0.25) is 14.7 Å². The zero-order valence-corrected chi connectivity index (χ0v) is 23.3. The number of H-pyrrole nitrogens is 1. The van der Waals surface area contributed by atoms with E-state index in [4.69, 9.17) is 14.7 Å². The minimum atomic E-state index is 0.116. The number of anilines is 3. The molecule has 2 N–H and O–H groups in total. The maximum Gasteiger partial charge on any atom is 0.236 e. The van der Waals surface area contributed by atoms with E-state index in [0.717, 1.165) is 16.2 Å². The van der Waals surface area contributed by atoms with E-state index in [1.807, 2.05) is 61.2 Å². The molecule has 11 nitrogen and oxygen atoms in total. The van der Waals surface area contributed by atoms with E-state index in [2.05, 4.69) is 20.4 Å². The van der Waals surface area contributed by atoms with Gasteiger partial charge in [0.2, 0.25) is 11.7 Å². The molecule has 0 aliphatic carbocycles. The monoisotopic (exact) mass is 538 g/mol. The molecule has 0 saturated carbocycles. The van der Waals surface area contributed by atoms with Gasteiger partial charge in [0, 0.05) is 49.3 Å². The number of piperazine rings is 1. The quantitative estimate of drug-likeness (QED) is 0.373. The third-order valence-electron chi connectivity index (χ3n) is 5.95. The van der Waals surface area contributed by atoms with Crippen molar-refractivity contribution >= 4 is 40.9 Å². The lowest BCUT2D eigenvalue weighted by Gasteiger charge is -2.36. The molecule has 2 aromatic heterocycles. The fraction of sp³-hybridized carbons (Fsp3) is 0.423. The number of ketones is 1. The molecule has 1 amide bonds. The number of carbonyl (C=O) groups excluding carboxylic acids is 2. The van der Waals surface area contributed by atoms with Crippen molar-refractivity contribution in [3.05, 3.63) is 41.6 Å². The molecule has 0 unspecified atom stereocenters. The van der Waals surface area contributed by atoms with Gasteiger partial charge in [0.15, 0.2) is 22.6 Å². The Bertz CT molecular complexity index is 1270. The summed E-state index contributed by atoms with van der Waals surface area (Å²) < 4.78 is 5.80. The first-order valence-corrected chi connectivity index (χ1v) is 13.2. The zero-order chi connectivity index (χ0) is 27.2. The number of nitrogens with one attached hydrogen (secondary N) is 2. The minimum Gasteiger partial charge on any atom is -0.490 e. The van der Waals surface area contributed by atoms with Gasteiger partial charge in [0.05, 0.1) is 13.7 Å². The highest BCUT2D eigenvalue weighted by Gasteiger charge is 2.27. The van der Waals surface area contributed by atoms with Crippen molar-refractivity contribution in [3.63, 3.8) is 0 Å². The summed E-state index contributed by atoms with van der Waals surface area (Å²) in [5.41, 5.74) is 1.88. The smallest absolute Gasteiger partial charge is 0.236 e. The van der Waals surface area contributed by atoms with E-state index in [-0.39, 0.29) is 11.7 Å². The average Bonchev–Trinajstić information content (AvgIpc) is 3.28. The van der Waals surface area contributed by atoms with Crippen molar-refractivity contribution in [2.24, 2.45) is 0 Å². The molecule has 38 heavy (non-hydrogen) atoms. The molecule has 0 atom stereocenters. The van der Waals surface area contributed by atoms with Gasteiger partial charge in [-0.05, 0) is 57.4 Å². The summed E-state index contributed by atoms with van der Waals surface area (Å²) in [6.45, 7) is 6.34. The van der Waals surface area contributed by atoms with Gasteiger partial charge in [-0.2, -0.15) is 5.10 Å². The molecule has 1 aliphatic rings. The molecule has 0 radical (unpaired) electrons. The van der Waals surface area contributed by atoms with Crippen LogP contribution in [0.25, 0.3) is 0 Å². The van der Waals surface area contributed by atoms with Gasteiger partial charge in [-0.1, -0.05) is 12.1 Å². The topological polar surface area (TPSA) is 120 Å². The van der Waals surface area contributed by atoms with Crippen molar-refractivity contribution in [1.82, 2.24) is 30.0 Å². The molecule has 0 bridgehead atoms. The number of methoxy groups -OCH3 is 1. The molecular weight excluding hydrogens is 504 g/mol. The number of carbonyl (C=O) groups is 2. The summed E-state index contributed by atoms with van der Waals surface area (Å²) in [4.78, 5) is 40.5. The number of nitrogens with zero attached hydrogens (tertiary/aromatic N) is 6. The Morgan fingerprint density at radius 3 is 2.42 bits per heavy atom. The molecule has 3 aromatic rings. The van der Waals surface area contributed by atoms with Crippen LogP contribution in [0, 0.1) is 6.92 Å². The average molecular weight is 539 g/mol. The van der Waals surface area contributed by atoms with Crippen LogP contribution in [0.15, 0.2) is 40.4 Å². The number of aromatic amines is 1. The van der Waals surface area contributed by atoms with E-state index in [0.29, 0.717) is 67.5 Å². The number of aryl methyl sites for hydroxylation is 1. The minimum absolute atomic E-state index is 0.116. The highest BCUT2D eigenvalue weighted by molar-refractivity contribution is 7.99. The van der Waals surface area contributed by atoms with Crippen molar-refractivity contribution in [1.29, 1.82) is 0 Å². The molecular formula is C26H34N8O3S. The van der Waals surface area contributed by atoms with Crippen LogP contribution in [0.3, 0.4) is 0 Å². The van der Waals surface area contributed by atoms with Crippen molar-refractivity contribution in [2.75, 3.05) is 64.1 Å². The number of ether oxygens (including phenoxy) is 1. The second-order valence-corrected chi connectivity index (χ2v) is 10.5. The fourth-order valence-electron chi connectivity index (χ4n) is 4.16. The summed E-state index contributed by atoms with van der Waals surface area (Å²) in [6, 6.07) is 9.72. The van der Waals surface area contributed by atoms with E-state index in [9.17, 15) is 9.59 Å². The van der Waals surface area contributed by atoms with Gasteiger partial charge in [-0.15, -0.1) is 0 Å². The Morgan fingerprint density at radius 1 is 1.13 bits per heavy atom. The van der Waals surface area contributed by atoms with Crippen molar-refractivity contribution in [2.45, 2.75) is 30.3 Å². The Balaban J connectivity index is 1.61. The van der Waals surface area contributed by atoms with Gasteiger partial charge in [-0.25, -0.2) is 9.97 Å². The highest BCUT2D eigenvalue weighted by atomic mass is 32.2. The van der Waals surface area contributed by atoms with Gasteiger partial charge >= 0.3 is 0 Å². The Kier molecular flexibility index (Phi) is 8.85. The van der Waals surface area contributed by atoms with Gasteiger partial charge < -0.3 is 24.8 Å². The lowest BCUT2D eigenvalue weighted by atomic mass is 10.1. The Morgan fingerprint density at radius 2 is 1.84 bits per heavy atom. The van der Waals surface area contributed by atoms with E-state index < -0.39 is 0 Å². The number of hydrogen-bond donors (Lipinski definition) is 2. The van der Waals surface area contributed by atoms with Crippen molar-refractivity contribution < 1.29 is 14.3 Å². The zero-order valence-electron chi connectivity index (χ0n) is 22.4. The summed E-state index contributed by atoms with van der Waals surface area (Å²) in [6.07, 6.45) is 0.411. The number of amides is 1. The molecule has 1 aliphatic heterocycles. The Labute approximate surface area is 227 Å². The van der Waals surface area contributed by atoms with Crippen molar-refractivity contribution in [3.8, 4) is 5.75 Å². The molecule has 1 aromatic carbocycles. The number of aromatic nitrogens is 4. The van der Waals surface area contributed by atoms with Gasteiger partial charge in [0.25, 0.3) is 0 Å². The summed E-state index contributed by atoms with van der Waals surface area (Å²) in [7, 11) is 5.39. The molecule has 1 fully saturated rings. The van der Waals surface area contributed by atoms with Gasteiger partial charge in [0.1, 0.15) is 5.78 Å². The summed E-state index contributed by atoms with van der Waals surface area (Å²) in [5.74, 6) is 2.54. The number of Topliss-reactive ketones (excluding diaryl/α,β-unsaturated/α-hetero) is 1. The van der Waals surface area contributed by atoms with Crippen LogP contribution in [0.1, 0.15) is 18.2 Å². The van der Waals surface area contributed by atoms with E-state index in [1.165, 1.54) is 11.8 Å². The lowest BCUT2D eigenvalue weighted by molar-refractivity contribution is -0.132. The maximum atomic E-state index is 12.5. The number of hydrogen-bond acceptors (Lipinski definition) is 10. The fourth-order valence-corrected chi connectivity index (χ4v) is 4.91. The Hall–Kier alpha value is -3.64. The molecule has 12 heteroatoms. The van der Waals surface area contributed by atoms with E-state index >= 15 is 0 Å². The predicted octanol–water partition coefficient (Wildman–Crippen LogP) is 2.75. The van der Waals surface area contributed by atoms with E-state index in [1.54, 1.807) is 14.0 Å². The molecule has 3 heterocycles. The first kappa shape index (κ1) is 27.4. The second kappa shape index (κ2) is 12.3. The lowest BCUT2D eigenvalue weighted by Crippen LogP contribution is -2.51. The number of rotatable bonds is 10. The van der Waals surface area contributed by atoms with Crippen LogP contribution in [-0.4, -0.2) is 95.6 Å². The van der Waals surface area contributed by atoms with Crippen LogP contribution in [0.2, 0.25) is 0 Å². The molecule has 0 spiro atoms. The van der Waals surface area contributed by atoms with Crippen LogP contribution in [0.4, 0.5) is 17.5 Å². The first-order chi connectivity index (χ1) is 18.2. The maximum absolute atomic E-state index is 12.5. The third-order valence-corrected chi connectivity index (χ3v) is 6.83. The van der Waals surface area contributed by atoms with Crippen LogP contribution >= 0.6 is 11.8 Å². The normalized spacial score (nSPS) is 13.6. The molecule has 1 saturated heterocycles. The SMILES string of the molecule is COc1c(Nc2cc(C)[nH]n2)nc(Sc2ccc(CC(C)=O)cc2)nc1N1CCN(C(=O)CN(C)C)CC1. The second-order valence-electron chi connectivity index (χ2n) is 9.50. The van der Waals surface area contributed by atoms with Crippen LogP contribution in [-0.2, 0) is 16.0 Å². The standard InChI is InChI=1S/C26H34N8O3S/c1-17-14-21(31-30-17)27-24-23(37-5)25(34-12-10-33(11-13-34)22(36)16-32(3)4)29-26(28-24)38-20-8-6-19(7-9-20)15-18(2)35/h6-9,14H,10-13,15-16H2,1-5H3,(H2,27,28,29,30,31). The summed E-state index contributed by atoms with van der Waals surface area (Å²) >= 11 is 1.43. The molecule has 4 rings (SSSR count).